The normalized spacial score (nSPS) is 11.9. The zero-order valence-corrected chi connectivity index (χ0v) is 16.2. The summed E-state index contributed by atoms with van der Waals surface area (Å²) in [5.74, 6) is 0.715. The molecule has 0 saturated carbocycles. The van der Waals surface area contributed by atoms with E-state index < -0.39 is 0 Å². The van der Waals surface area contributed by atoms with E-state index in [0.29, 0.717) is 5.56 Å². The molecule has 0 aliphatic heterocycles. The van der Waals surface area contributed by atoms with Crippen LogP contribution in [0.15, 0.2) is 84.9 Å². The van der Waals surface area contributed by atoms with Gasteiger partial charge in [0, 0.05) is 5.92 Å². The highest BCUT2D eigenvalue weighted by Crippen LogP contribution is 2.25. The first kappa shape index (κ1) is 19.4. The van der Waals surface area contributed by atoms with Gasteiger partial charge in [0.2, 0.25) is 0 Å². The lowest BCUT2D eigenvalue weighted by molar-refractivity contribution is 0.0600. The van der Waals surface area contributed by atoms with Crippen molar-refractivity contribution in [3.8, 4) is 5.75 Å². The maximum atomic E-state index is 11.7. The summed E-state index contributed by atoms with van der Waals surface area (Å²) in [7, 11) is 3.06. The van der Waals surface area contributed by atoms with Crippen LogP contribution in [0.2, 0.25) is 0 Å². The number of carbonyl (C=O) groups is 1. The molecule has 142 valence electrons. The molecule has 1 unspecified atom stereocenters. The maximum absolute atomic E-state index is 11.7. The molecule has 1 atom stereocenters. The summed E-state index contributed by atoms with van der Waals surface area (Å²) in [6, 6.07) is 26.0. The number of rotatable bonds is 7. The van der Waals surface area contributed by atoms with Crippen LogP contribution in [0.25, 0.3) is 6.08 Å². The Labute approximate surface area is 166 Å². The minimum atomic E-state index is -0.320. The summed E-state index contributed by atoms with van der Waals surface area (Å²) in [6.45, 7) is 0. The van der Waals surface area contributed by atoms with Crippen LogP contribution in [0.3, 0.4) is 0 Å². The second-order valence-corrected chi connectivity index (χ2v) is 6.54. The lowest BCUT2D eigenvalue weighted by atomic mass is 9.90. The third-order valence-electron chi connectivity index (χ3n) is 4.70. The molecule has 0 aromatic heterocycles. The molecule has 0 N–H and O–H groups in total. The predicted octanol–water partition coefficient (Wildman–Crippen LogP) is 5.52. The van der Waals surface area contributed by atoms with Gasteiger partial charge < -0.3 is 9.47 Å². The second kappa shape index (κ2) is 9.56. The number of hydrogen-bond acceptors (Lipinski definition) is 3. The van der Waals surface area contributed by atoms with Gasteiger partial charge in [-0.15, -0.1) is 0 Å². The van der Waals surface area contributed by atoms with E-state index in [1.54, 1.807) is 7.11 Å². The summed E-state index contributed by atoms with van der Waals surface area (Å²) in [4.78, 5) is 11.7. The highest BCUT2D eigenvalue weighted by atomic mass is 16.5. The number of esters is 1. The second-order valence-electron chi connectivity index (χ2n) is 6.54. The Morgan fingerprint density at radius 2 is 1.57 bits per heavy atom. The molecule has 0 amide bonds. The van der Waals surface area contributed by atoms with Crippen molar-refractivity contribution in [3.05, 3.63) is 107 Å². The van der Waals surface area contributed by atoms with E-state index in [2.05, 4.69) is 36.4 Å². The number of ether oxygens (including phenoxy) is 2. The van der Waals surface area contributed by atoms with Crippen LogP contribution in [0, 0.1) is 0 Å². The molecule has 0 heterocycles. The van der Waals surface area contributed by atoms with Gasteiger partial charge in [-0.1, -0.05) is 66.7 Å². The largest absolute Gasteiger partial charge is 0.497 e. The smallest absolute Gasteiger partial charge is 0.337 e. The first-order valence-electron chi connectivity index (χ1n) is 9.24. The fourth-order valence-corrected chi connectivity index (χ4v) is 3.09. The number of allylic oxidation sites excluding steroid dienone is 1. The zero-order valence-electron chi connectivity index (χ0n) is 16.2. The van der Waals surface area contributed by atoms with E-state index in [-0.39, 0.29) is 11.9 Å². The summed E-state index contributed by atoms with van der Waals surface area (Å²) in [5, 5.41) is 0. The Morgan fingerprint density at radius 3 is 2.18 bits per heavy atom. The van der Waals surface area contributed by atoms with Gasteiger partial charge in [0.25, 0.3) is 0 Å². The molecule has 0 aliphatic rings. The van der Waals surface area contributed by atoms with Crippen molar-refractivity contribution in [3.63, 3.8) is 0 Å². The first-order valence-corrected chi connectivity index (χ1v) is 9.24. The number of benzene rings is 3. The Morgan fingerprint density at radius 1 is 0.893 bits per heavy atom. The van der Waals surface area contributed by atoms with Crippen molar-refractivity contribution in [2.24, 2.45) is 0 Å². The molecule has 3 heteroatoms. The molecule has 0 saturated heterocycles. The van der Waals surface area contributed by atoms with E-state index >= 15 is 0 Å². The monoisotopic (exact) mass is 372 g/mol. The number of methoxy groups -OCH3 is 2. The average Bonchev–Trinajstić information content (AvgIpc) is 2.77. The van der Waals surface area contributed by atoms with Crippen molar-refractivity contribution in [1.29, 1.82) is 0 Å². The van der Waals surface area contributed by atoms with E-state index in [0.717, 1.165) is 23.3 Å². The van der Waals surface area contributed by atoms with E-state index in [9.17, 15) is 4.79 Å². The van der Waals surface area contributed by atoms with Crippen LogP contribution in [0.5, 0.6) is 5.75 Å². The van der Waals surface area contributed by atoms with Gasteiger partial charge in [0.1, 0.15) is 5.75 Å². The minimum Gasteiger partial charge on any atom is -0.497 e. The van der Waals surface area contributed by atoms with Crippen molar-refractivity contribution < 1.29 is 14.3 Å². The third kappa shape index (κ3) is 5.10. The molecule has 3 rings (SSSR count). The van der Waals surface area contributed by atoms with Gasteiger partial charge in [-0.25, -0.2) is 4.79 Å². The Hall–Kier alpha value is -3.33. The summed E-state index contributed by atoms with van der Waals surface area (Å²) in [5.41, 5.74) is 4.10. The SMILES string of the molecule is COC(=O)c1ccc(C(C=Cc2ccc(OC)cc2)Cc2ccccc2)cc1. The van der Waals surface area contributed by atoms with Crippen LogP contribution in [-0.2, 0) is 11.2 Å². The number of hydrogen-bond donors (Lipinski definition) is 0. The van der Waals surface area contributed by atoms with Gasteiger partial charge in [0.15, 0.2) is 0 Å². The Bertz CT molecular complexity index is 910. The molecule has 0 fully saturated rings. The topological polar surface area (TPSA) is 35.5 Å². The fourth-order valence-electron chi connectivity index (χ4n) is 3.09. The third-order valence-corrected chi connectivity index (χ3v) is 4.70. The van der Waals surface area contributed by atoms with Crippen molar-refractivity contribution in [1.82, 2.24) is 0 Å². The number of carbonyl (C=O) groups excluding carboxylic acids is 1. The molecule has 3 aromatic carbocycles. The minimum absolute atomic E-state index is 0.191. The summed E-state index contributed by atoms with van der Waals surface area (Å²) in [6.07, 6.45) is 5.22. The Balaban J connectivity index is 1.85. The lowest BCUT2D eigenvalue weighted by Gasteiger charge is -2.14. The van der Waals surface area contributed by atoms with E-state index in [4.69, 9.17) is 9.47 Å². The molecule has 0 radical (unpaired) electrons. The standard InChI is InChI=1S/C25H24O3/c1-27-24-16-9-19(10-17-24)8-11-23(18-20-6-4-3-5-7-20)21-12-14-22(15-13-21)25(26)28-2/h3-17,23H,18H2,1-2H3. The van der Waals surface area contributed by atoms with Crippen LogP contribution in [0.4, 0.5) is 0 Å². The average molecular weight is 372 g/mol. The zero-order chi connectivity index (χ0) is 19.8. The van der Waals surface area contributed by atoms with E-state index in [1.807, 2.05) is 54.6 Å². The van der Waals surface area contributed by atoms with Gasteiger partial charge in [-0.2, -0.15) is 0 Å². The lowest BCUT2D eigenvalue weighted by Crippen LogP contribution is -2.03. The first-order chi connectivity index (χ1) is 13.7. The summed E-state index contributed by atoms with van der Waals surface area (Å²) >= 11 is 0. The fraction of sp³-hybridized carbons (Fsp3) is 0.160. The van der Waals surface area contributed by atoms with Gasteiger partial charge in [-0.3, -0.25) is 0 Å². The highest BCUT2D eigenvalue weighted by Gasteiger charge is 2.11. The van der Waals surface area contributed by atoms with Crippen LogP contribution in [-0.4, -0.2) is 20.2 Å². The molecular weight excluding hydrogens is 348 g/mol. The van der Waals surface area contributed by atoms with Crippen molar-refractivity contribution in [2.75, 3.05) is 14.2 Å². The van der Waals surface area contributed by atoms with Gasteiger partial charge in [-0.05, 0) is 47.4 Å². The maximum Gasteiger partial charge on any atom is 0.337 e. The van der Waals surface area contributed by atoms with Crippen LogP contribution >= 0.6 is 0 Å². The highest BCUT2D eigenvalue weighted by molar-refractivity contribution is 5.89. The quantitative estimate of drug-likeness (QED) is 0.512. The van der Waals surface area contributed by atoms with Crippen LogP contribution < -0.4 is 4.74 Å². The van der Waals surface area contributed by atoms with Crippen molar-refractivity contribution in [2.45, 2.75) is 12.3 Å². The molecular formula is C25H24O3. The summed E-state index contributed by atoms with van der Waals surface area (Å²) < 4.78 is 10.0. The molecule has 28 heavy (non-hydrogen) atoms. The predicted molar refractivity (Wildman–Crippen MR) is 113 cm³/mol. The van der Waals surface area contributed by atoms with Gasteiger partial charge >= 0.3 is 5.97 Å². The van der Waals surface area contributed by atoms with Crippen LogP contribution in [0.1, 0.15) is 33.0 Å². The van der Waals surface area contributed by atoms with Gasteiger partial charge in [0.05, 0.1) is 19.8 Å². The Kier molecular flexibility index (Phi) is 6.64. The molecule has 3 aromatic rings. The molecule has 3 nitrogen and oxygen atoms in total. The molecule has 0 spiro atoms. The van der Waals surface area contributed by atoms with Crippen molar-refractivity contribution >= 4 is 12.0 Å². The van der Waals surface area contributed by atoms with E-state index in [1.165, 1.54) is 12.7 Å². The molecule has 0 aliphatic carbocycles. The molecule has 0 bridgehead atoms.